The van der Waals surface area contributed by atoms with Gasteiger partial charge in [0.1, 0.15) is 0 Å². The molecule has 0 amide bonds. The molecule has 0 bridgehead atoms. The summed E-state index contributed by atoms with van der Waals surface area (Å²) < 4.78 is 0. The van der Waals surface area contributed by atoms with E-state index in [2.05, 4.69) is 58.4 Å². The van der Waals surface area contributed by atoms with Crippen molar-refractivity contribution in [2.45, 2.75) is 19.5 Å². The molecule has 0 N–H and O–H groups in total. The molecule has 104 valence electrons. The Morgan fingerprint density at radius 3 is 2.76 bits per heavy atom. The zero-order valence-corrected chi connectivity index (χ0v) is 12.0. The second-order valence-corrected chi connectivity index (χ2v) is 5.76. The largest absolute Gasteiger partial charge is 0.294 e. The molecule has 2 heterocycles. The van der Waals surface area contributed by atoms with E-state index in [-0.39, 0.29) is 0 Å². The summed E-state index contributed by atoms with van der Waals surface area (Å²) in [5.41, 5.74) is 5.43. The first kappa shape index (κ1) is 12.5. The molecule has 0 spiro atoms. The minimum absolute atomic E-state index is 1.03. The summed E-state index contributed by atoms with van der Waals surface area (Å²) in [7, 11) is 0. The van der Waals surface area contributed by atoms with Gasteiger partial charge >= 0.3 is 0 Å². The van der Waals surface area contributed by atoms with E-state index in [4.69, 9.17) is 0 Å². The summed E-state index contributed by atoms with van der Waals surface area (Å²) in [6.07, 6.45) is 2.99. The van der Waals surface area contributed by atoms with Crippen molar-refractivity contribution in [1.29, 1.82) is 0 Å². The zero-order chi connectivity index (χ0) is 14.1. The summed E-state index contributed by atoms with van der Waals surface area (Å²) in [5, 5.41) is 1.25. The van der Waals surface area contributed by atoms with Gasteiger partial charge in [0, 0.05) is 31.2 Å². The maximum absolute atomic E-state index is 4.46. The Kier molecular flexibility index (Phi) is 3.17. The first-order valence-electron chi connectivity index (χ1n) is 7.51. The minimum Gasteiger partial charge on any atom is -0.294 e. The van der Waals surface area contributed by atoms with Crippen LogP contribution in [0.15, 0.2) is 60.8 Å². The van der Waals surface area contributed by atoms with Crippen molar-refractivity contribution >= 4 is 10.9 Å². The number of aromatic nitrogens is 1. The predicted molar refractivity (Wildman–Crippen MR) is 86.0 cm³/mol. The van der Waals surface area contributed by atoms with Crippen LogP contribution in [0.2, 0.25) is 0 Å². The highest BCUT2D eigenvalue weighted by Crippen LogP contribution is 2.25. The first-order valence-corrected chi connectivity index (χ1v) is 7.51. The number of rotatable bonds is 2. The fraction of sp³-hybridized carbons (Fsp3) is 0.211. The molecule has 1 aromatic heterocycles. The van der Waals surface area contributed by atoms with Gasteiger partial charge in [-0.1, -0.05) is 36.4 Å². The van der Waals surface area contributed by atoms with E-state index >= 15 is 0 Å². The number of benzene rings is 2. The van der Waals surface area contributed by atoms with Crippen molar-refractivity contribution in [2.24, 2.45) is 0 Å². The second-order valence-electron chi connectivity index (χ2n) is 5.76. The summed E-state index contributed by atoms with van der Waals surface area (Å²) in [6.45, 7) is 3.20. The van der Waals surface area contributed by atoms with Gasteiger partial charge < -0.3 is 0 Å². The number of fused-ring (bicyclic) bond motifs is 2. The third-order valence-electron chi connectivity index (χ3n) is 4.26. The lowest BCUT2D eigenvalue weighted by molar-refractivity contribution is 0.246. The van der Waals surface area contributed by atoms with E-state index in [9.17, 15) is 0 Å². The normalized spacial score (nSPS) is 15.0. The third kappa shape index (κ3) is 2.55. The summed E-state index contributed by atoms with van der Waals surface area (Å²) in [5.74, 6) is 0. The van der Waals surface area contributed by atoms with E-state index in [1.165, 1.54) is 22.1 Å². The Hall–Kier alpha value is -2.19. The number of nitrogens with zero attached hydrogens (tertiary/aromatic N) is 2. The number of pyridine rings is 1. The number of hydrogen-bond acceptors (Lipinski definition) is 2. The lowest BCUT2D eigenvalue weighted by Crippen LogP contribution is -2.30. The lowest BCUT2D eigenvalue weighted by atomic mass is 9.97. The van der Waals surface area contributed by atoms with Crippen molar-refractivity contribution < 1.29 is 0 Å². The van der Waals surface area contributed by atoms with Gasteiger partial charge in [0.2, 0.25) is 0 Å². The molecule has 0 saturated carbocycles. The molecule has 2 aromatic carbocycles. The van der Waals surface area contributed by atoms with Gasteiger partial charge in [-0.3, -0.25) is 9.88 Å². The monoisotopic (exact) mass is 274 g/mol. The molecule has 0 radical (unpaired) electrons. The first-order chi connectivity index (χ1) is 10.4. The van der Waals surface area contributed by atoms with E-state index in [0.717, 1.165) is 31.6 Å². The molecule has 0 fully saturated rings. The topological polar surface area (TPSA) is 16.1 Å². The van der Waals surface area contributed by atoms with Crippen molar-refractivity contribution in [2.75, 3.05) is 6.54 Å². The van der Waals surface area contributed by atoms with Crippen LogP contribution in [0.5, 0.6) is 0 Å². The summed E-state index contributed by atoms with van der Waals surface area (Å²) in [6, 6.07) is 19.5. The quantitative estimate of drug-likeness (QED) is 0.706. The summed E-state index contributed by atoms with van der Waals surface area (Å²) >= 11 is 0. The highest BCUT2D eigenvalue weighted by atomic mass is 15.1. The molecule has 1 aliphatic rings. The van der Waals surface area contributed by atoms with E-state index in [1.807, 2.05) is 12.3 Å². The average Bonchev–Trinajstić information content (AvgIpc) is 2.54. The molecule has 21 heavy (non-hydrogen) atoms. The van der Waals surface area contributed by atoms with Gasteiger partial charge in [-0.15, -0.1) is 0 Å². The van der Waals surface area contributed by atoms with Crippen LogP contribution in [-0.4, -0.2) is 16.4 Å². The van der Waals surface area contributed by atoms with Gasteiger partial charge in [0.15, 0.2) is 0 Å². The fourth-order valence-electron chi connectivity index (χ4n) is 3.17. The fourth-order valence-corrected chi connectivity index (χ4v) is 3.17. The molecule has 0 saturated heterocycles. The van der Waals surface area contributed by atoms with Crippen molar-refractivity contribution in [1.82, 2.24) is 9.88 Å². The molecule has 4 rings (SSSR count). The Bertz CT molecular complexity index is 765. The van der Waals surface area contributed by atoms with E-state index in [0.29, 0.717) is 0 Å². The minimum atomic E-state index is 1.03. The highest BCUT2D eigenvalue weighted by Gasteiger charge is 2.17. The Balaban J connectivity index is 1.61. The molecule has 0 atom stereocenters. The van der Waals surface area contributed by atoms with Gasteiger partial charge in [-0.05, 0) is 41.3 Å². The smallest absolute Gasteiger partial charge is 0.0704 e. The molecule has 0 aliphatic carbocycles. The molecular weight excluding hydrogens is 256 g/mol. The van der Waals surface area contributed by atoms with E-state index in [1.54, 1.807) is 0 Å². The Morgan fingerprint density at radius 1 is 0.952 bits per heavy atom. The van der Waals surface area contributed by atoms with Crippen LogP contribution in [0.3, 0.4) is 0 Å². The van der Waals surface area contributed by atoms with Crippen molar-refractivity contribution in [3.05, 3.63) is 77.5 Å². The Labute approximate surface area is 125 Å². The molecule has 0 unspecified atom stereocenters. The molecule has 2 heteroatoms. The molecule has 2 nitrogen and oxygen atoms in total. The number of hydrogen-bond donors (Lipinski definition) is 0. The van der Waals surface area contributed by atoms with Gasteiger partial charge in [-0.25, -0.2) is 0 Å². The third-order valence-corrected chi connectivity index (χ3v) is 4.26. The van der Waals surface area contributed by atoms with Crippen LogP contribution in [0.1, 0.15) is 16.7 Å². The van der Waals surface area contributed by atoms with Crippen LogP contribution in [0, 0.1) is 0 Å². The van der Waals surface area contributed by atoms with E-state index < -0.39 is 0 Å². The average molecular weight is 274 g/mol. The van der Waals surface area contributed by atoms with Crippen LogP contribution >= 0.6 is 0 Å². The van der Waals surface area contributed by atoms with Crippen molar-refractivity contribution in [3.63, 3.8) is 0 Å². The van der Waals surface area contributed by atoms with Crippen LogP contribution in [0.25, 0.3) is 10.9 Å². The predicted octanol–water partition coefficient (Wildman–Crippen LogP) is 3.79. The van der Waals surface area contributed by atoms with Crippen LogP contribution < -0.4 is 0 Å². The lowest BCUT2D eigenvalue weighted by Gasteiger charge is -2.29. The van der Waals surface area contributed by atoms with Crippen LogP contribution in [-0.2, 0) is 19.5 Å². The van der Waals surface area contributed by atoms with Gasteiger partial charge in [-0.2, -0.15) is 0 Å². The van der Waals surface area contributed by atoms with Crippen LogP contribution in [0.4, 0.5) is 0 Å². The highest BCUT2D eigenvalue weighted by molar-refractivity contribution is 5.80. The molecule has 1 aliphatic heterocycles. The van der Waals surface area contributed by atoms with Crippen molar-refractivity contribution in [3.8, 4) is 0 Å². The second kappa shape index (κ2) is 5.30. The molecular formula is C19H18N2. The zero-order valence-electron chi connectivity index (χ0n) is 12.0. The van der Waals surface area contributed by atoms with Gasteiger partial charge in [0.25, 0.3) is 0 Å². The standard InChI is InChI=1S/C19H18N2/c1-2-5-15(6-3-1)13-21-10-8-16-12-19-17(7-4-9-20-19)11-18(16)14-21/h1-7,9,11-12H,8,10,13-14H2. The van der Waals surface area contributed by atoms with Gasteiger partial charge in [0.05, 0.1) is 5.52 Å². The maximum Gasteiger partial charge on any atom is 0.0704 e. The SMILES string of the molecule is c1ccc(CN2CCc3cc4ncccc4cc3C2)cc1. The summed E-state index contributed by atoms with van der Waals surface area (Å²) in [4.78, 5) is 6.99. The Morgan fingerprint density at radius 2 is 1.86 bits per heavy atom. The molecule has 3 aromatic rings. The maximum atomic E-state index is 4.46.